The minimum Gasteiger partial charge on any atom is -0.474 e. The number of anilines is 1. The molecule has 5 rings (SSSR count). The van der Waals surface area contributed by atoms with E-state index in [1.807, 2.05) is 18.5 Å². The summed E-state index contributed by atoms with van der Waals surface area (Å²) in [6.45, 7) is 8.27. The predicted octanol–water partition coefficient (Wildman–Crippen LogP) is 3.41. The summed E-state index contributed by atoms with van der Waals surface area (Å²) in [5.74, 6) is 1.08. The maximum Gasteiger partial charge on any atom is 0.283 e. The van der Waals surface area contributed by atoms with Crippen LogP contribution in [0.25, 0.3) is 11.2 Å². The molecular formula is C29H36N5O3Si. The molecule has 1 fully saturated rings. The van der Waals surface area contributed by atoms with Gasteiger partial charge in [-0.2, -0.15) is 9.97 Å². The Hall–Kier alpha value is -3.27. The number of hydrogen-bond donors (Lipinski definition) is 1. The summed E-state index contributed by atoms with van der Waals surface area (Å²) >= 11 is 0. The molecule has 2 aromatic carbocycles. The molecule has 1 radical (unpaired) electrons. The fourth-order valence-corrected chi connectivity index (χ4v) is 7.20. The van der Waals surface area contributed by atoms with Gasteiger partial charge in [0.25, 0.3) is 9.04 Å². The average Bonchev–Trinajstić information content (AvgIpc) is 3.30. The van der Waals surface area contributed by atoms with Crippen LogP contribution in [0.1, 0.15) is 33.6 Å². The van der Waals surface area contributed by atoms with E-state index >= 15 is 0 Å². The lowest BCUT2D eigenvalue weighted by molar-refractivity contribution is -0.0311. The number of ether oxygens (including phenoxy) is 2. The van der Waals surface area contributed by atoms with Crippen molar-refractivity contribution in [1.29, 1.82) is 0 Å². The van der Waals surface area contributed by atoms with Crippen molar-refractivity contribution in [2.24, 2.45) is 11.3 Å². The highest BCUT2D eigenvalue weighted by Crippen LogP contribution is 2.52. The topological polar surface area (TPSA) is 97.3 Å². The molecular weight excluding hydrogens is 494 g/mol. The van der Waals surface area contributed by atoms with E-state index < -0.39 is 9.04 Å². The summed E-state index contributed by atoms with van der Waals surface area (Å²) in [5, 5.41) is 2.45. The van der Waals surface area contributed by atoms with Crippen LogP contribution in [0.3, 0.4) is 0 Å². The van der Waals surface area contributed by atoms with Crippen LogP contribution in [-0.4, -0.2) is 55.5 Å². The molecule has 9 heteroatoms. The lowest BCUT2D eigenvalue weighted by atomic mass is 9.59. The molecule has 199 valence electrons. The minimum absolute atomic E-state index is 0.160. The van der Waals surface area contributed by atoms with Crippen LogP contribution in [-0.2, 0) is 14.7 Å². The van der Waals surface area contributed by atoms with Gasteiger partial charge in [0.15, 0.2) is 11.2 Å². The van der Waals surface area contributed by atoms with E-state index in [4.69, 9.17) is 19.6 Å². The van der Waals surface area contributed by atoms with Gasteiger partial charge in [-0.3, -0.25) is 0 Å². The van der Waals surface area contributed by atoms with Gasteiger partial charge in [-0.05, 0) is 34.5 Å². The summed E-state index contributed by atoms with van der Waals surface area (Å²) in [6, 6.07) is 21.1. The Morgan fingerprint density at radius 3 is 2.18 bits per heavy atom. The van der Waals surface area contributed by atoms with Crippen LogP contribution in [0.2, 0.25) is 0 Å². The third-order valence-corrected chi connectivity index (χ3v) is 9.60. The van der Waals surface area contributed by atoms with Gasteiger partial charge in [-0.15, -0.1) is 0 Å². The zero-order valence-electron chi connectivity index (χ0n) is 22.6. The van der Waals surface area contributed by atoms with E-state index in [9.17, 15) is 0 Å². The second-order valence-electron chi connectivity index (χ2n) is 11.1. The molecule has 4 aromatic rings. The largest absolute Gasteiger partial charge is 0.474 e. The smallest absolute Gasteiger partial charge is 0.283 e. The van der Waals surface area contributed by atoms with E-state index in [1.165, 1.54) is 10.4 Å². The molecule has 0 atom stereocenters. The highest BCUT2D eigenvalue weighted by molar-refractivity contribution is 6.80. The lowest BCUT2D eigenvalue weighted by Gasteiger charge is -2.53. The number of aromatic nitrogens is 4. The van der Waals surface area contributed by atoms with Crippen molar-refractivity contribution in [3.05, 3.63) is 67.0 Å². The number of benzene rings is 2. The third kappa shape index (κ3) is 5.32. The molecule has 1 saturated carbocycles. The molecule has 0 saturated heterocycles. The number of methoxy groups -OCH3 is 1. The van der Waals surface area contributed by atoms with Crippen molar-refractivity contribution in [3.8, 4) is 5.88 Å². The van der Waals surface area contributed by atoms with Crippen molar-refractivity contribution in [2.45, 2.75) is 39.2 Å². The fraction of sp³-hybridized carbons (Fsp3) is 0.414. The van der Waals surface area contributed by atoms with Crippen molar-refractivity contribution in [1.82, 2.24) is 19.5 Å². The molecule has 2 aromatic heterocycles. The minimum atomic E-state index is -1.46. The Labute approximate surface area is 225 Å². The van der Waals surface area contributed by atoms with Crippen LogP contribution in [0.15, 0.2) is 67.0 Å². The molecule has 1 aliphatic rings. The van der Waals surface area contributed by atoms with Crippen molar-refractivity contribution < 1.29 is 13.9 Å². The van der Waals surface area contributed by atoms with E-state index in [-0.39, 0.29) is 16.9 Å². The molecule has 0 amide bonds. The fourth-order valence-electron chi connectivity index (χ4n) is 5.13. The SMILES string of the molecule is COCCOc1nc(N)nc2c1ncn2C1(CO[Si](c2ccccc2)c2ccccc2)CC(C(C)(C)C)C1. The molecule has 0 spiro atoms. The summed E-state index contributed by atoms with van der Waals surface area (Å²) in [6.07, 6.45) is 3.77. The van der Waals surface area contributed by atoms with Crippen LogP contribution in [0.5, 0.6) is 5.88 Å². The Bertz CT molecular complexity index is 1310. The van der Waals surface area contributed by atoms with E-state index in [0.29, 0.717) is 42.8 Å². The van der Waals surface area contributed by atoms with Crippen LogP contribution >= 0.6 is 0 Å². The summed E-state index contributed by atoms with van der Waals surface area (Å²) in [7, 11) is 0.169. The standard InChI is InChI=1S/C29H36N5O3Si/c1-28(2,3)21-17-29(18-21,19-37-38(22-11-7-5-8-12-22)23-13-9-6-10-14-23)34-20-31-24-25(34)32-27(30)33-26(24)36-16-15-35-4/h5-14,20-21H,15-19H2,1-4H3,(H2,30,32,33). The Kier molecular flexibility index (Phi) is 7.51. The number of hydrogen-bond acceptors (Lipinski definition) is 7. The van der Waals surface area contributed by atoms with Gasteiger partial charge < -0.3 is 24.2 Å². The first-order chi connectivity index (χ1) is 18.3. The molecule has 38 heavy (non-hydrogen) atoms. The number of imidazole rings is 1. The Balaban J connectivity index is 1.51. The Morgan fingerprint density at radius 2 is 1.61 bits per heavy atom. The van der Waals surface area contributed by atoms with Gasteiger partial charge in [0.2, 0.25) is 11.8 Å². The monoisotopic (exact) mass is 530 g/mol. The first-order valence-electron chi connectivity index (χ1n) is 13.0. The van der Waals surface area contributed by atoms with Gasteiger partial charge >= 0.3 is 0 Å². The Morgan fingerprint density at radius 1 is 0.974 bits per heavy atom. The maximum atomic E-state index is 6.93. The maximum absolute atomic E-state index is 6.93. The van der Waals surface area contributed by atoms with Crippen molar-refractivity contribution in [2.75, 3.05) is 32.7 Å². The number of fused-ring (bicyclic) bond motifs is 1. The number of nitrogen functional groups attached to an aromatic ring is 1. The highest BCUT2D eigenvalue weighted by Gasteiger charge is 2.51. The van der Waals surface area contributed by atoms with Crippen LogP contribution < -0.4 is 20.8 Å². The third-order valence-electron chi connectivity index (χ3n) is 7.45. The van der Waals surface area contributed by atoms with Crippen molar-refractivity contribution >= 4 is 36.5 Å². The molecule has 0 unspecified atom stereocenters. The van der Waals surface area contributed by atoms with Gasteiger partial charge in [0.1, 0.15) is 6.61 Å². The van der Waals surface area contributed by atoms with E-state index in [0.717, 1.165) is 12.8 Å². The normalized spacial score (nSPS) is 19.6. The molecule has 0 aliphatic heterocycles. The molecule has 2 N–H and O–H groups in total. The van der Waals surface area contributed by atoms with Gasteiger partial charge in [-0.1, -0.05) is 81.4 Å². The second kappa shape index (κ2) is 10.8. The quantitative estimate of drug-likeness (QED) is 0.248. The molecule has 8 nitrogen and oxygen atoms in total. The average molecular weight is 531 g/mol. The van der Waals surface area contributed by atoms with Gasteiger partial charge in [0.05, 0.1) is 25.1 Å². The molecule has 0 bridgehead atoms. The summed E-state index contributed by atoms with van der Waals surface area (Å²) in [5.41, 5.74) is 7.30. The van der Waals surface area contributed by atoms with Gasteiger partial charge in [0, 0.05) is 7.11 Å². The zero-order chi connectivity index (χ0) is 26.8. The van der Waals surface area contributed by atoms with Gasteiger partial charge in [-0.25, -0.2) is 4.98 Å². The van der Waals surface area contributed by atoms with E-state index in [2.05, 4.69) is 88.8 Å². The highest BCUT2D eigenvalue weighted by atomic mass is 28.3. The van der Waals surface area contributed by atoms with Crippen LogP contribution in [0, 0.1) is 11.3 Å². The van der Waals surface area contributed by atoms with Crippen LogP contribution in [0.4, 0.5) is 5.95 Å². The number of rotatable bonds is 10. The first kappa shape index (κ1) is 26.3. The number of nitrogens with two attached hydrogens (primary N) is 1. The van der Waals surface area contributed by atoms with Crippen molar-refractivity contribution in [3.63, 3.8) is 0 Å². The molecule has 2 heterocycles. The zero-order valence-corrected chi connectivity index (χ0v) is 23.6. The second-order valence-corrected chi connectivity index (χ2v) is 13.2. The van der Waals surface area contributed by atoms with E-state index in [1.54, 1.807) is 7.11 Å². The molecule has 1 aliphatic carbocycles. The number of nitrogens with zero attached hydrogens (tertiary/aromatic N) is 4. The first-order valence-corrected chi connectivity index (χ1v) is 14.4. The summed E-state index contributed by atoms with van der Waals surface area (Å²) < 4.78 is 20.1. The summed E-state index contributed by atoms with van der Waals surface area (Å²) in [4.78, 5) is 13.6. The lowest BCUT2D eigenvalue weighted by Crippen LogP contribution is -2.56. The predicted molar refractivity (Wildman–Crippen MR) is 151 cm³/mol.